The molecule has 0 saturated heterocycles. The average Bonchev–Trinajstić information content (AvgIpc) is 2.78. The highest BCUT2D eigenvalue weighted by molar-refractivity contribution is 5.23. The van der Waals surface area contributed by atoms with Crippen molar-refractivity contribution in [3.63, 3.8) is 0 Å². The number of nitrogens with zero attached hydrogens (tertiary/aromatic N) is 2. The second-order valence-electron chi connectivity index (χ2n) is 11.9. The standard InChI is InChI=1S/C11H16.2C10H15NO.CH4/c1-11(2,3)9-10-7-5-4-6-8-10;1-10(2,3)9-6-5-8(12-4)7-11-9;1-10(2,3)8-6-5-7-9(11-8)12-4;/h4-8H,9H2,1-3H3;2*5-7H,1-4H3;1H4. The Kier molecular flexibility index (Phi) is 13.5. The fourth-order valence-corrected chi connectivity index (χ4v) is 3.10. The third-order valence-corrected chi connectivity index (χ3v) is 5.02. The van der Waals surface area contributed by atoms with Gasteiger partial charge in [-0.2, -0.15) is 0 Å². The van der Waals surface area contributed by atoms with E-state index in [1.807, 2.05) is 30.3 Å². The van der Waals surface area contributed by atoms with Crippen LogP contribution in [0.15, 0.2) is 66.9 Å². The quantitative estimate of drug-likeness (QED) is 0.365. The summed E-state index contributed by atoms with van der Waals surface area (Å²) < 4.78 is 10.1. The van der Waals surface area contributed by atoms with Crippen molar-refractivity contribution in [1.82, 2.24) is 9.97 Å². The average molecular weight is 495 g/mol. The largest absolute Gasteiger partial charge is 0.495 e. The van der Waals surface area contributed by atoms with Gasteiger partial charge in [0.15, 0.2) is 0 Å². The number of hydrogen-bond acceptors (Lipinski definition) is 4. The zero-order valence-electron chi connectivity index (χ0n) is 23.8. The minimum atomic E-state index is 0. The Morgan fingerprint density at radius 2 is 1.22 bits per heavy atom. The molecule has 3 rings (SSSR count). The van der Waals surface area contributed by atoms with E-state index in [0.29, 0.717) is 11.3 Å². The molecule has 0 aliphatic carbocycles. The van der Waals surface area contributed by atoms with Gasteiger partial charge in [-0.05, 0) is 35.6 Å². The Balaban J connectivity index is 0.000000504. The van der Waals surface area contributed by atoms with Crippen LogP contribution in [0.2, 0.25) is 0 Å². The lowest BCUT2D eigenvalue weighted by Crippen LogP contribution is -2.13. The summed E-state index contributed by atoms with van der Waals surface area (Å²) in [7, 11) is 3.28. The molecular weight excluding hydrogens is 444 g/mol. The molecule has 200 valence electrons. The first kappa shape index (κ1) is 33.1. The number of rotatable bonds is 3. The van der Waals surface area contributed by atoms with Crippen LogP contribution in [0, 0.1) is 5.41 Å². The Morgan fingerprint density at radius 1 is 0.639 bits per heavy atom. The van der Waals surface area contributed by atoms with Crippen molar-refractivity contribution < 1.29 is 9.47 Å². The van der Waals surface area contributed by atoms with E-state index in [2.05, 4.69) is 103 Å². The topological polar surface area (TPSA) is 44.2 Å². The van der Waals surface area contributed by atoms with Crippen molar-refractivity contribution in [3.05, 3.63) is 83.8 Å². The maximum absolute atomic E-state index is 5.04. The van der Waals surface area contributed by atoms with E-state index in [1.165, 1.54) is 5.56 Å². The highest BCUT2D eigenvalue weighted by Crippen LogP contribution is 2.22. The Hall–Kier alpha value is -2.88. The Labute approximate surface area is 221 Å². The first-order chi connectivity index (χ1) is 16.2. The fraction of sp³-hybridized carbons (Fsp3) is 0.500. The van der Waals surface area contributed by atoms with Crippen LogP contribution in [0.1, 0.15) is 86.7 Å². The summed E-state index contributed by atoms with van der Waals surface area (Å²) in [6.07, 6.45) is 2.91. The zero-order chi connectivity index (χ0) is 26.7. The van der Waals surface area contributed by atoms with Crippen LogP contribution < -0.4 is 9.47 Å². The molecule has 0 atom stereocenters. The van der Waals surface area contributed by atoms with E-state index in [0.717, 1.165) is 23.6 Å². The van der Waals surface area contributed by atoms with Crippen molar-refractivity contribution in [2.45, 2.75) is 87.0 Å². The van der Waals surface area contributed by atoms with E-state index in [1.54, 1.807) is 20.4 Å². The van der Waals surface area contributed by atoms with Gasteiger partial charge in [0.1, 0.15) is 5.75 Å². The molecule has 2 heterocycles. The summed E-state index contributed by atoms with van der Waals surface area (Å²) >= 11 is 0. The smallest absolute Gasteiger partial charge is 0.213 e. The van der Waals surface area contributed by atoms with Gasteiger partial charge in [-0.15, -0.1) is 0 Å². The van der Waals surface area contributed by atoms with Gasteiger partial charge in [-0.25, -0.2) is 4.98 Å². The molecule has 1 aromatic carbocycles. The molecule has 4 nitrogen and oxygen atoms in total. The monoisotopic (exact) mass is 494 g/mol. The summed E-state index contributed by atoms with van der Waals surface area (Å²) in [5.41, 5.74) is 4.19. The molecule has 0 spiro atoms. The van der Waals surface area contributed by atoms with Gasteiger partial charge >= 0.3 is 0 Å². The van der Waals surface area contributed by atoms with Crippen LogP contribution >= 0.6 is 0 Å². The Bertz CT molecular complexity index is 978. The number of aromatic nitrogens is 2. The predicted molar refractivity (Wildman–Crippen MR) is 155 cm³/mol. The van der Waals surface area contributed by atoms with Crippen LogP contribution in [0.3, 0.4) is 0 Å². The summed E-state index contributed by atoms with van der Waals surface area (Å²) in [4.78, 5) is 8.64. The van der Waals surface area contributed by atoms with E-state index in [9.17, 15) is 0 Å². The molecule has 0 radical (unpaired) electrons. The van der Waals surface area contributed by atoms with Crippen LogP contribution in [0.5, 0.6) is 11.6 Å². The molecule has 3 aromatic rings. The minimum Gasteiger partial charge on any atom is -0.495 e. The molecule has 0 bridgehead atoms. The lowest BCUT2D eigenvalue weighted by Gasteiger charge is -2.17. The molecule has 0 aliphatic heterocycles. The van der Waals surface area contributed by atoms with Gasteiger partial charge in [-0.3, -0.25) is 4.98 Å². The van der Waals surface area contributed by atoms with Crippen LogP contribution in [-0.2, 0) is 17.3 Å². The van der Waals surface area contributed by atoms with Crippen molar-refractivity contribution in [2.24, 2.45) is 5.41 Å². The zero-order valence-corrected chi connectivity index (χ0v) is 23.8. The van der Waals surface area contributed by atoms with E-state index >= 15 is 0 Å². The maximum atomic E-state index is 5.04. The molecule has 0 unspecified atom stereocenters. The second-order valence-corrected chi connectivity index (χ2v) is 11.9. The number of benzene rings is 1. The van der Waals surface area contributed by atoms with Gasteiger partial charge in [0.2, 0.25) is 5.88 Å². The molecule has 0 saturated carbocycles. The molecule has 36 heavy (non-hydrogen) atoms. The lowest BCUT2D eigenvalue weighted by atomic mass is 9.88. The van der Waals surface area contributed by atoms with Crippen LogP contribution in [0.4, 0.5) is 0 Å². The molecular formula is C32H50N2O2. The van der Waals surface area contributed by atoms with E-state index in [4.69, 9.17) is 9.47 Å². The number of hydrogen-bond donors (Lipinski definition) is 0. The first-order valence-electron chi connectivity index (χ1n) is 12.2. The highest BCUT2D eigenvalue weighted by Gasteiger charge is 2.15. The molecule has 0 aliphatic rings. The third kappa shape index (κ3) is 13.3. The third-order valence-electron chi connectivity index (χ3n) is 5.02. The number of methoxy groups -OCH3 is 2. The lowest BCUT2D eigenvalue weighted by molar-refractivity contribution is 0.392. The van der Waals surface area contributed by atoms with Crippen molar-refractivity contribution in [3.8, 4) is 11.6 Å². The fourth-order valence-electron chi connectivity index (χ4n) is 3.10. The van der Waals surface area contributed by atoms with E-state index in [-0.39, 0.29) is 18.3 Å². The Morgan fingerprint density at radius 3 is 1.64 bits per heavy atom. The van der Waals surface area contributed by atoms with Gasteiger partial charge in [0.05, 0.1) is 20.4 Å². The normalized spacial score (nSPS) is 11.1. The molecule has 0 fully saturated rings. The molecule has 0 amide bonds. The second kappa shape index (κ2) is 14.6. The maximum Gasteiger partial charge on any atom is 0.213 e. The SMILES string of the molecule is C.CC(C)(C)Cc1ccccc1.COc1ccc(C(C)(C)C)nc1.COc1cccc(C(C)(C)C)n1. The predicted octanol–water partition coefficient (Wildman–Crippen LogP) is 8.69. The summed E-state index contributed by atoms with van der Waals surface area (Å²) in [6.45, 7) is 19.6. The van der Waals surface area contributed by atoms with Gasteiger partial charge in [0.25, 0.3) is 0 Å². The van der Waals surface area contributed by atoms with Crippen LogP contribution in [-0.4, -0.2) is 24.2 Å². The van der Waals surface area contributed by atoms with Crippen molar-refractivity contribution in [2.75, 3.05) is 14.2 Å². The summed E-state index contributed by atoms with van der Waals surface area (Å²) in [5.74, 6) is 1.49. The van der Waals surface area contributed by atoms with Crippen LogP contribution in [0.25, 0.3) is 0 Å². The number of pyridine rings is 2. The van der Waals surface area contributed by atoms with Crippen molar-refractivity contribution >= 4 is 0 Å². The van der Waals surface area contributed by atoms with Crippen molar-refractivity contribution in [1.29, 1.82) is 0 Å². The molecule has 4 heteroatoms. The number of ether oxygens (including phenoxy) is 2. The minimum absolute atomic E-state index is 0. The van der Waals surface area contributed by atoms with E-state index < -0.39 is 0 Å². The molecule has 2 aromatic heterocycles. The highest BCUT2D eigenvalue weighted by atomic mass is 16.5. The van der Waals surface area contributed by atoms with Gasteiger partial charge in [-0.1, -0.05) is 106 Å². The van der Waals surface area contributed by atoms with Gasteiger partial charge in [0, 0.05) is 28.3 Å². The van der Waals surface area contributed by atoms with Gasteiger partial charge < -0.3 is 9.47 Å². The summed E-state index contributed by atoms with van der Waals surface area (Å²) in [5, 5.41) is 0. The summed E-state index contributed by atoms with van der Waals surface area (Å²) in [6, 6.07) is 20.4. The molecule has 0 N–H and O–H groups in total. The first-order valence-corrected chi connectivity index (χ1v) is 12.2.